The highest BCUT2D eigenvalue weighted by atomic mass is 17.5. The Balaban J connectivity index is 2.22. The maximum absolute atomic E-state index is 11.8. The molecule has 6 heteroatoms. The molecule has 0 heterocycles. The Kier molecular flexibility index (Phi) is 11.1. The first kappa shape index (κ1) is 21.0. The number of hydrogen-bond donors (Lipinski definition) is 0. The van der Waals surface area contributed by atoms with Crippen LogP contribution in [0.3, 0.4) is 0 Å². The average Bonchev–Trinajstić information content (AvgIpc) is 2.63. The van der Waals surface area contributed by atoms with Gasteiger partial charge >= 0.3 is 12.1 Å². The molecule has 0 saturated carbocycles. The summed E-state index contributed by atoms with van der Waals surface area (Å²) in [5.74, 6) is -0.740. The second-order valence-corrected chi connectivity index (χ2v) is 5.84. The van der Waals surface area contributed by atoms with Crippen molar-refractivity contribution in [2.45, 2.75) is 65.2 Å². The van der Waals surface area contributed by atoms with Gasteiger partial charge in [-0.25, -0.2) is 14.5 Å². The summed E-state index contributed by atoms with van der Waals surface area (Å²) in [6, 6.07) is 7.07. The molecule has 0 amide bonds. The molecule has 1 rings (SSSR count). The fourth-order valence-electron chi connectivity index (χ4n) is 2.22. The number of unbranched alkanes of at least 4 members (excludes halogenated alkanes) is 5. The SMILES string of the molecule is CCCCCCc1ccc(C(=O)OOOC(=O)OCCCCC)cc1. The second kappa shape index (κ2) is 13.2. The molecule has 0 unspecified atom stereocenters. The molecule has 0 spiro atoms. The van der Waals surface area contributed by atoms with Gasteiger partial charge < -0.3 is 4.74 Å². The summed E-state index contributed by atoms with van der Waals surface area (Å²) in [5.41, 5.74) is 1.48. The minimum atomic E-state index is -1.04. The minimum absolute atomic E-state index is 0.240. The maximum Gasteiger partial charge on any atom is 0.543 e. The van der Waals surface area contributed by atoms with Crippen molar-refractivity contribution in [3.63, 3.8) is 0 Å². The average molecular weight is 352 g/mol. The van der Waals surface area contributed by atoms with E-state index in [-0.39, 0.29) is 6.61 Å². The van der Waals surface area contributed by atoms with Crippen molar-refractivity contribution in [2.24, 2.45) is 0 Å². The Labute approximate surface area is 149 Å². The quantitative estimate of drug-likeness (QED) is 0.224. The molecule has 0 aliphatic heterocycles. The van der Waals surface area contributed by atoms with E-state index >= 15 is 0 Å². The fraction of sp³-hybridized carbons (Fsp3) is 0.579. The van der Waals surface area contributed by atoms with E-state index in [2.05, 4.69) is 21.7 Å². The molecule has 0 saturated heterocycles. The molecule has 0 aromatic heterocycles. The van der Waals surface area contributed by atoms with Gasteiger partial charge in [-0.05, 0) is 37.0 Å². The van der Waals surface area contributed by atoms with Gasteiger partial charge in [-0.2, -0.15) is 0 Å². The zero-order valence-corrected chi connectivity index (χ0v) is 15.1. The lowest BCUT2D eigenvalue weighted by atomic mass is 10.0. The van der Waals surface area contributed by atoms with Crippen molar-refractivity contribution in [3.8, 4) is 0 Å². The number of benzene rings is 1. The van der Waals surface area contributed by atoms with E-state index in [1.165, 1.54) is 24.8 Å². The first-order chi connectivity index (χ1) is 12.2. The lowest BCUT2D eigenvalue weighted by Crippen LogP contribution is -2.12. The Hall–Kier alpha value is -2.08. The summed E-state index contributed by atoms with van der Waals surface area (Å²) in [6.45, 7) is 4.46. The van der Waals surface area contributed by atoms with E-state index < -0.39 is 12.1 Å². The third-order valence-corrected chi connectivity index (χ3v) is 3.69. The van der Waals surface area contributed by atoms with E-state index in [1.54, 1.807) is 12.1 Å². The molecule has 0 N–H and O–H groups in total. The van der Waals surface area contributed by atoms with Crippen LogP contribution in [0.1, 0.15) is 74.7 Å². The first-order valence-electron chi connectivity index (χ1n) is 8.98. The van der Waals surface area contributed by atoms with Gasteiger partial charge in [0.15, 0.2) is 0 Å². The standard InChI is InChI=1S/C19H28O6/c1-3-5-7-8-10-16-11-13-17(14-12-16)18(20)23-25-24-19(21)22-15-9-6-4-2/h11-14H,3-10,15H2,1-2H3. The van der Waals surface area contributed by atoms with Crippen molar-refractivity contribution >= 4 is 12.1 Å². The Bertz CT molecular complexity index is 497. The highest BCUT2D eigenvalue weighted by Gasteiger charge is 2.12. The summed E-state index contributed by atoms with van der Waals surface area (Å²) in [7, 11) is 0. The Morgan fingerprint density at radius 2 is 1.52 bits per heavy atom. The largest absolute Gasteiger partial charge is 0.543 e. The predicted molar refractivity (Wildman–Crippen MR) is 92.7 cm³/mol. The molecule has 0 aliphatic carbocycles. The summed E-state index contributed by atoms with van der Waals surface area (Å²) < 4.78 is 4.72. The van der Waals surface area contributed by atoms with Gasteiger partial charge in [-0.1, -0.05) is 58.1 Å². The van der Waals surface area contributed by atoms with Crippen molar-refractivity contribution in [2.75, 3.05) is 6.61 Å². The van der Waals surface area contributed by atoms with Crippen LogP contribution in [0.5, 0.6) is 0 Å². The molecule has 140 valence electrons. The lowest BCUT2D eigenvalue weighted by Gasteiger charge is -2.05. The van der Waals surface area contributed by atoms with Crippen molar-refractivity contribution in [1.82, 2.24) is 0 Å². The fourth-order valence-corrected chi connectivity index (χ4v) is 2.22. The van der Waals surface area contributed by atoms with Crippen molar-refractivity contribution < 1.29 is 29.1 Å². The van der Waals surface area contributed by atoms with Gasteiger partial charge in [-0.15, -0.1) is 0 Å². The summed E-state index contributed by atoms with van der Waals surface area (Å²) in [6.07, 6.45) is 7.46. The number of ether oxygens (including phenoxy) is 1. The predicted octanol–water partition coefficient (Wildman–Crippen LogP) is 5.16. The van der Waals surface area contributed by atoms with Crippen LogP contribution >= 0.6 is 0 Å². The van der Waals surface area contributed by atoms with Gasteiger partial charge in [0.05, 0.1) is 17.2 Å². The molecule has 0 fully saturated rings. The van der Waals surface area contributed by atoms with E-state index in [9.17, 15) is 9.59 Å². The highest BCUT2D eigenvalue weighted by Crippen LogP contribution is 2.11. The molecular formula is C19H28O6. The summed E-state index contributed by atoms with van der Waals surface area (Å²) in [5, 5.41) is 4.17. The molecule has 0 radical (unpaired) electrons. The highest BCUT2D eigenvalue weighted by molar-refractivity contribution is 5.88. The molecule has 0 bridgehead atoms. The normalized spacial score (nSPS) is 10.3. The van der Waals surface area contributed by atoms with Crippen LogP contribution in [0.2, 0.25) is 0 Å². The molecule has 0 aliphatic rings. The van der Waals surface area contributed by atoms with Crippen LogP contribution in [0, 0.1) is 0 Å². The van der Waals surface area contributed by atoms with Crippen LogP contribution in [0.4, 0.5) is 4.79 Å². The first-order valence-corrected chi connectivity index (χ1v) is 8.98. The van der Waals surface area contributed by atoms with Gasteiger partial charge in [0.1, 0.15) is 0 Å². The van der Waals surface area contributed by atoms with Gasteiger partial charge in [0.25, 0.3) is 0 Å². The van der Waals surface area contributed by atoms with Gasteiger partial charge in [0, 0.05) is 0 Å². The Morgan fingerprint density at radius 1 is 0.840 bits per heavy atom. The third kappa shape index (κ3) is 9.72. The molecule has 25 heavy (non-hydrogen) atoms. The third-order valence-electron chi connectivity index (χ3n) is 3.69. The summed E-state index contributed by atoms with van der Waals surface area (Å²) in [4.78, 5) is 31.5. The van der Waals surface area contributed by atoms with Crippen molar-refractivity contribution in [1.29, 1.82) is 0 Å². The van der Waals surface area contributed by atoms with Crippen LogP contribution < -0.4 is 0 Å². The van der Waals surface area contributed by atoms with Crippen LogP contribution in [0.15, 0.2) is 24.3 Å². The molecule has 1 aromatic rings. The number of carbonyl (C=O) groups is 2. The van der Waals surface area contributed by atoms with Crippen molar-refractivity contribution in [3.05, 3.63) is 35.4 Å². The van der Waals surface area contributed by atoms with E-state index in [0.717, 1.165) is 32.1 Å². The van der Waals surface area contributed by atoms with Crippen LogP contribution in [-0.4, -0.2) is 18.7 Å². The van der Waals surface area contributed by atoms with Crippen LogP contribution in [0.25, 0.3) is 0 Å². The van der Waals surface area contributed by atoms with E-state index in [0.29, 0.717) is 5.56 Å². The number of hydrogen-bond acceptors (Lipinski definition) is 6. The maximum atomic E-state index is 11.8. The van der Waals surface area contributed by atoms with E-state index in [1.807, 2.05) is 19.1 Å². The second-order valence-electron chi connectivity index (χ2n) is 5.84. The zero-order valence-electron chi connectivity index (χ0n) is 15.1. The monoisotopic (exact) mass is 352 g/mol. The van der Waals surface area contributed by atoms with Gasteiger partial charge in [0.2, 0.25) is 0 Å². The summed E-state index contributed by atoms with van der Waals surface area (Å²) >= 11 is 0. The topological polar surface area (TPSA) is 71.1 Å². The number of aryl methyl sites for hydroxylation is 1. The van der Waals surface area contributed by atoms with Crippen LogP contribution in [-0.2, 0) is 26.0 Å². The molecule has 0 atom stereocenters. The zero-order chi connectivity index (χ0) is 18.3. The smallest absolute Gasteiger partial charge is 0.432 e. The molecular weight excluding hydrogens is 324 g/mol. The Morgan fingerprint density at radius 3 is 2.20 bits per heavy atom. The minimum Gasteiger partial charge on any atom is -0.432 e. The van der Waals surface area contributed by atoms with Gasteiger partial charge in [-0.3, -0.25) is 4.89 Å². The lowest BCUT2D eigenvalue weighted by molar-refractivity contribution is -0.452. The number of carbonyl (C=O) groups excluding carboxylic acids is 2. The number of rotatable bonds is 12. The van der Waals surface area contributed by atoms with E-state index in [4.69, 9.17) is 4.74 Å². The molecule has 6 nitrogen and oxygen atoms in total. The molecule has 1 aromatic carbocycles.